The van der Waals surface area contributed by atoms with E-state index in [1.54, 1.807) is 18.4 Å². The number of hydrogen-bond acceptors (Lipinski definition) is 3. The van der Waals surface area contributed by atoms with Crippen molar-refractivity contribution in [2.24, 2.45) is 4.99 Å². The first-order valence-corrected chi connectivity index (χ1v) is 9.28. The van der Waals surface area contributed by atoms with Gasteiger partial charge in [0.05, 0.1) is 10.7 Å². The van der Waals surface area contributed by atoms with Gasteiger partial charge in [0, 0.05) is 42.4 Å². The van der Waals surface area contributed by atoms with Gasteiger partial charge in [0.1, 0.15) is 0 Å². The predicted octanol–water partition coefficient (Wildman–Crippen LogP) is 3.79. The summed E-state index contributed by atoms with van der Waals surface area (Å²) in [7, 11) is 1.78. The van der Waals surface area contributed by atoms with Crippen molar-refractivity contribution in [3.05, 3.63) is 50.9 Å². The Hall–Kier alpha value is -1.59. The van der Waals surface area contributed by atoms with Gasteiger partial charge in [0.15, 0.2) is 5.96 Å². The standard InChI is InChI=1S/C18H25ClN4S/c1-13-23-14(11-24-13)9-10-21-17(20-4)22-12-18(2,3)15-7-5-6-8-16(15)19/h5-8,11H,9-10,12H2,1-4H3,(H2,20,21,22). The first-order chi connectivity index (χ1) is 11.4. The second-order valence-electron chi connectivity index (χ2n) is 6.32. The van der Waals surface area contributed by atoms with E-state index in [0.29, 0.717) is 0 Å². The van der Waals surface area contributed by atoms with Crippen LogP contribution in [0.4, 0.5) is 0 Å². The topological polar surface area (TPSA) is 49.3 Å². The largest absolute Gasteiger partial charge is 0.356 e. The van der Waals surface area contributed by atoms with Gasteiger partial charge in [-0.25, -0.2) is 4.98 Å². The van der Waals surface area contributed by atoms with Gasteiger partial charge >= 0.3 is 0 Å². The molecule has 1 heterocycles. The quantitative estimate of drug-likeness (QED) is 0.605. The van der Waals surface area contributed by atoms with Crippen LogP contribution in [-0.4, -0.2) is 31.1 Å². The highest BCUT2D eigenvalue weighted by Gasteiger charge is 2.23. The van der Waals surface area contributed by atoms with E-state index in [0.717, 1.165) is 46.8 Å². The lowest BCUT2D eigenvalue weighted by Crippen LogP contribution is -2.44. The lowest BCUT2D eigenvalue weighted by atomic mass is 9.84. The number of benzene rings is 1. The Kier molecular flexibility index (Phi) is 6.63. The van der Waals surface area contributed by atoms with Crippen molar-refractivity contribution in [2.45, 2.75) is 32.6 Å². The number of rotatable bonds is 6. The maximum absolute atomic E-state index is 6.33. The van der Waals surface area contributed by atoms with Crippen LogP contribution in [0.3, 0.4) is 0 Å². The second-order valence-corrected chi connectivity index (χ2v) is 7.79. The van der Waals surface area contributed by atoms with E-state index in [-0.39, 0.29) is 5.41 Å². The Balaban J connectivity index is 1.85. The van der Waals surface area contributed by atoms with Crippen molar-refractivity contribution < 1.29 is 0 Å². The number of nitrogens with zero attached hydrogens (tertiary/aromatic N) is 2. The van der Waals surface area contributed by atoms with Crippen molar-refractivity contribution in [1.29, 1.82) is 0 Å². The van der Waals surface area contributed by atoms with Gasteiger partial charge in [0.2, 0.25) is 0 Å². The van der Waals surface area contributed by atoms with Crippen LogP contribution in [0, 0.1) is 6.92 Å². The second kappa shape index (κ2) is 8.49. The Morgan fingerprint density at radius 1 is 1.29 bits per heavy atom. The van der Waals surface area contributed by atoms with Crippen LogP contribution in [0.15, 0.2) is 34.6 Å². The Labute approximate surface area is 153 Å². The summed E-state index contributed by atoms with van der Waals surface area (Å²) in [6, 6.07) is 7.98. The molecule has 0 aliphatic rings. The van der Waals surface area contributed by atoms with Crippen molar-refractivity contribution in [2.75, 3.05) is 20.1 Å². The molecule has 0 aliphatic carbocycles. The lowest BCUT2D eigenvalue weighted by Gasteiger charge is -2.27. The SMILES string of the molecule is CN=C(NCCc1csc(C)n1)NCC(C)(C)c1ccccc1Cl. The van der Waals surface area contributed by atoms with Gasteiger partial charge in [-0.1, -0.05) is 43.6 Å². The molecular weight excluding hydrogens is 340 g/mol. The summed E-state index contributed by atoms with van der Waals surface area (Å²) in [5.74, 6) is 0.794. The maximum atomic E-state index is 6.33. The summed E-state index contributed by atoms with van der Waals surface area (Å²) in [6.45, 7) is 7.92. The minimum atomic E-state index is -0.0952. The fourth-order valence-corrected chi connectivity index (χ4v) is 3.50. The molecule has 1 aromatic carbocycles. The molecule has 0 atom stereocenters. The van der Waals surface area contributed by atoms with Crippen LogP contribution in [-0.2, 0) is 11.8 Å². The zero-order valence-electron chi connectivity index (χ0n) is 14.7. The van der Waals surface area contributed by atoms with Crippen molar-refractivity contribution in [3.8, 4) is 0 Å². The van der Waals surface area contributed by atoms with E-state index < -0.39 is 0 Å². The maximum Gasteiger partial charge on any atom is 0.191 e. The average molecular weight is 365 g/mol. The smallest absolute Gasteiger partial charge is 0.191 e. The summed E-state index contributed by atoms with van der Waals surface area (Å²) in [5, 5.41) is 10.7. The summed E-state index contributed by atoms with van der Waals surface area (Å²) in [4.78, 5) is 8.76. The van der Waals surface area contributed by atoms with Gasteiger partial charge in [-0.3, -0.25) is 4.99 Å². The Bertz CT molecular complexity index is 694. The van der Waals surface area contributed by atoms with Crippen molar-refractivity contribution >= 4 is 28.9 Å². The molecule has 1 aromatic heterocycles. The highest BCUT2D eigenvalue weighted by Crippen LogP contribution is 2.28. The number of aromatic nitrogens is 1. The van der Waals surface area contributed by atoms with Crippen LogP contribution in [0.25, 0.3) is 0 Å². The van der Waals surface area contributed by atoms with Gasteiger partial charge < -0.3 is 10.6 Å². The van der Waals surface area contributed by atoms with Gasteiger partial charge in [-0.2, -0.15) is 0 Å². The highest BCUT2D eigenvalue weighted by molar-refractivity contribution is 7.09. The molecule has 2 N–H and O–H groups in total. The number of hydrogen-bond donors (Lipinski definition) is 2. The average Bonchev–Trinajstić information content (AvgIpc) is 2.96. The fourth-order valence-electron chi connectivity index (χ4n) is 2.46. The number of nitrogens with one attached hydrogen (secondary N) is 2. The third-order valence-corrected chi connectivity index (χ3v) is 5.02. The van der Waals surface area contributed by atoms with Gasteiger partial charge in [-0.05, 0) is 18.6 Å². The predicted molar refractivity (Wildman–Crippen MR) is 104 cm³/mol. The molecular formula is C18H25ClN4S. The van der Waals surface area contributed by atoms with Gasteiger partial charge in [-0.15, -0.1) is 11.3 Å². The molecule has 0 fully saturated rings. The summed E-state index contributed by atoms with van der Waals surface area (Å²) in [6.07, 6.45) is 0.888. The molecule has 2 rings (SSSR count). The molecule has 0 saturated heterocycles. The third-order valence-electron chi connectivity index (χ3n) is 3.86. The summed E-state index contributed by atoms with van der Waals surface area (Å²) >= 11 is 8.02. The van der Waals surface area contributed by atoms with E-state index in [4.69, 9.17) is 11.6 Å². The Morgan fingerprint density at radius 3 is 2.67 bits per heavy atom. The van der Waals surface area contributed by atoms with Crippen LogP contribution < -0.4 is 10.6 Å². The van der Waals surface area contributed by atoms with Crippen LogP contribution in [0.2, 0.25) is 5.02 Å². The van der Waals surface area contributed by atoms with Crippen LogP contribution in [0.5, 0.6) is 0 Å². The molecule has 0 bridgehead atoms. The zero-order chi connectivity index (χ0) is 17.6. The molecule has 0 amide bonds. The van der Waals surface area contributed by atoms with Crippen molar-refractivity contribution in [1.82, 2.24) is 15.6 Å². The Morgan fingerprint density at radius 2 is 2.04 bits per heavy atom. The molecule has 0 saturated carbocycles. The van der Waals surface area contributed by atoms with E-state index in [1.807, 2.05) is 25.1 Å². The molecule has 130 valence electrons. The van der Waals surface area contributed by atoms with E-state index in [2.05, 4.69) is 45.9 Å². The summed E-state index contributed by atoms with van der Waals surface area (Å²) < 4.78 is 0. The molecule has 4 nitrogen and oxygen atoms in total. The van der Waals surface area contributed by atoms with E-state index in [1.165, 1.54) is 0 Å². The van der Waals surface area contributed by atoms with Crippen LogP contribution in [0.1, 0.15) is 30.1 Å². The summed E-state index contributed by atoms with van der Waals surface area (Å²) in [5.41, 5.74) is 2.16. The first-order valence-electron chi connectivity index (χ1n) is 8.03. The molecule has 0 radical (unpaired) electrons. The lowest BCUT2D eigenvalue weighted by molar-refractivity contribution is 0.509. The molecule has 0 aliphatic heterocycles. The van der Waals surface area contributed by atoms with E-state index >= 15 is 0 Å². The minimum Gasteiger partial charge on any atom is -0.356 e. The third kappa shape index (κ3) is 5.21. The number of thiazole rings is 1. The fraction of sp³-hybridized carbons (Fsp3) is 0.444. The number of aryl methyl sites for hydroxylation is 1. The highest BCUT2D eigenvalue weighted by atomic mass is 35.5. The van der Waals surface area contributed by atoms with E-state index in [9.17, 15) is 0 Å². The molecule has 0 spiro atoms. The van der Waals surface area contributed by atoms with Crippen molar-refractivity contribution in [3.63, 3.8) is 0 Å². The molecule has 6 heteroatoms. The first kappa shape index (κ1) is 18.7. The zero-order valence-corrected chi connectivity index (χ0v) is 16.3. The number of aliphatic imine (C=N–C) groups is 1. The van der Waals surface area contributed by atoms with Gasteiger partial charge in [0.25, 0.3) is 0 Å². The number of guanidine groups is 1. The number of halogens is 1. The molecule has 0 unspecified atom stereocenters. The van der Waals surface area contributed by atoms with Crippen LogP contribution >= 0.6 is 22.9 Å². The monoisotopic (exact) mass is 364 g/mol. The normalized spacial score (nSPS) is 12.3. The molecule has 2 aromatic rings. The molecule has 24 heavy (non-hydrogen) atoms. The minimum absolute atomic E-state index is 0.0952.